The molecule has 0 bridgehead atoms. The third kappa shape index (κ3) is 2.03. The molecule has 1 heterocycles. The first-order valence-corrected chi connectivity index (χ1v) is 3.89. The summed E-state index contributed by atoms with van der Waals surface area (Å²) in [6.07, 6.45) is 0. The first-order valence-electron chi connectivity index (χ1n) is 3.89. The molecule has 0 saturated carbocycles. The van der Waals surface area contributed by atoms with Gasteiger partial charge in [0.15, 0.2) is 0 Å². The van der Waals surface area contributed by atoms with Crippen LogP contribution in [0.25, 0.3) is 0 Å². The number of carbonyl (C=O) groups excluding carboxylic acids is 1. The van der Waals surface area contributed by atoms with Gasteiger partial charge >= 0.3 is 0 Å². The molecule has 0 spiro atoms. The van der Waals surface area contributed by atoms with E-state index in [1.54, 1.807) is 14.0 Å². The predicted molar refractivity (Wildman–Crippen MR) is 44.7 cm³/mol. The maximum Gasteiger partial charge on any atom is 0.241 e. The molecule has 1 rings (SSSR count). The Bertz CT molecular complexity index is 307. The number of aliphatic hydroxyl groups excluding tert-OH is 1. The number of likely N-dealkylation sites (N-methyl/N-ethyl adjacent to an activating group) is 1. The fourth-order valence-corrected chi connectivity index (χ4v) is 0.908. The minimum Gasteiger partial charge on any atom is -0.390 e. The Kier molecular flexibility index (Phi) is 2.97. The van der Waals surface area contributed by atoms with Gasteiger partial charge in [-0.1, -0.05) is 5.21 Å². The minimum atomic E-state index is -0.153. The first-order chi connectivity index (χ1) is 6.19. The Morgan fingerprint density at radius 1 is 1.69 bits per heavy atom. The maximum atomic E-state index is 11.0. The number of amides is 1. The number of aromatic nitrogens is 3. The molecule has 0 aliphatic heterocycles. The predicted octanol–water partition coefficient (Wildman–Crippen LogP) is -1.18. The Labute approximate surface area is 75.6 Å². The molecule has 2 N–H and O–H groups in total. The van der Waals surface area contributed by atoms with Crippen molar-refractivity contribution in [3.63, 3.8) is 0 Å². The van der Waals surface area contributed by atoms with E-state index in [-0.39, 0.29) is 19.1 Å². The van der Waals surface area contributed by atoms with Crippen molar-refractivity contribution in [1.29, 1.82) is 0 Å². The minimum absolute atomic E-state index is 0.134. The smallest absolute Gasteiger partial charge is 0.241 e. The summed E-state index contributed by atoms with van der Waals surface area (Å²) in [4.78, 5) is 11.0. The zero-order valence-electron chi connectivity index (χ0n) is 7.61. The normalized spacial score (nSPS) is 10.1. The van der Waals surface area contributed by atoms with Crippen LogP contribution < -0.4 is 5.32 Å². The quantitative estimate of drug-likeness (QED) is 0.620. The van der Waals surface area contributed by atoms with Gasteiger partial charge in [0.05, 0.1) is 12.3 Å². The molecular formula is C7H12N4O2. The fourth-order valence-electron chi connectivity index (χ4n) is 0.908. The van der Waals surface area contributed by atoms with Crippen LogP contribution in [0.5, 0.6) is 0 Å². The Hall–Kier alpha value is -1.43. The molecule has 1 aromatic heterocycles. The van der Waals surface area contributed by atoms with Crippen LogP contribution in [0, 0.1) is 6.92 Å². The van der Waals surface area contributed by atoms with E-state index in [9.17, 15) is 4.79 Å². The topological polar surface area (TPSA) is 80.0 Å². The summed E-state index contributed by atoms with van der Waals surface area (Å²) in [6.45, 7) is 1.74. The largest absolute Gasteiger partial charge is 0.390 e. The highest BCUT2D eigenvalue weighted by atomic mass is 16.3. The van der Waals surface area contributed by atoms with Gasteiger partial charge in [0.1, 0.15) is 12.2 Å². The Balaban J connectivity index is 2.78. The summed E-state index contributed by atoms with van der Waals surface area (Å²) in [5, 5.41) is 18.7. The number of rotatable bonds is 3. The molecule has 0 unspecified atom stereocenters. The van der Waals surface area contributed by atoms with E-state index in [1.165, 1.54) is 4.68 Å². The average Bonchev–Trinajstić information content (AvgIpc) is 2.48. The summed E-state index contributed by atoms with van der Waals surface area (Å²) in [6, 6.07) is 0. The van der Waals surface area contributed by atoms with E-state index >= 15 is 0 Å². The number of carbonyl (C=O) groups is 1. The first kappa shape index (κ1) is 9.66. The van der Waals surface area contributed by atoms with Crippen molar-refractivity contribution in [3.05, 3.63) is 11.4 Å². The third-order valence-corrected chi connectivity index (χ3v) is 1.80. The van der Waals surface area contributed by atoms with Crippen molar-refractivity contribution in [2.75, 3.05) is 7.05 Å². The Morgan fingerprint density at radius 3 is 2.85 bits per heavy atom. The molecule has 0 aliphatic rings. The van der Waals surface area contributed by atoms with E-state index in [0.29, 0.717) is 11.4 Å². The molecule has 0 fully saturated rings. The van der Waals surface area contributed by atoms with Gasteiger partial charge in [-0.05, 0) is 6.92 Å². The van der Waals surface area contributed by atoms with Gasteiger partial charge in [-0.15, -0.1) is 5.10 Å². The average molecular weight is 184 g/mol. The van der Waals surface area contributed by atoms with E-state index in [4.69, 9.17) is 5.11 Å². The van der Waals surface area contributed by atoms with Crippen LogP contribution in [0.4, 0.5) is 0 Å². The lowest BCUT2D eigenvalue weighted by Gasteiger charge is -2.01. The van der Waals surface area contributed by atoms with Crippen LogP contribution in [-0.4, -0.2) is 33.1 Å². The van der Waals surface area contributed by atoms with Crippen LogP contribution in [0.15, 0.2) is 0 Å². The van der Waals surface area contributed by atoms with Crippen LogP contribution >= 0.6 is 0 Å². The van der Waals surface area contributed by atoms with Crippen LogP contribution in [0.2, 0.25) is 0 Å². The second-order valence-corrected chi connectivity index (χ2v) is 2.61. The molecule has 0 aliphatic carbocycles. The van der Waals surface area contributed by atoms with Gasteiger partial charge in [0.2, 0.25) is 5.91 Å². The van der Waals surface area contributed by atoms with Gasteiger partial charge in [0, 0.05) is 7.05 Å². The molecule has 1 amide bonds. The van der Waals surface area contributed by atoms with Crippen molar-refractivity contribution in [2.24, 2.45) is 0 Å². The summed E-state index contributed by atoms with van der Waals surface area (Å²) >= 11 is 0. The zero-order chi connectivity index (χ0) is 9.84. The lowest BCUT2D eigenvalue weighted by Crippen LogP contribution is -2.24. The van der Waals surface area contributed by atoms with Crippen LogP contribution in [-0.2, 0) is 17.9 Å². The van der Waals surface area contributed by atoms with E-state index in [2.05, 4.69) is 15.6 Å². The SMILES string of the molecule is CNC(=O)Cn1nnc(CO)c1C. The van der Waals surface area contributed by atoms with Crippen LogP contribution in [0.1, 0.15) is 11.4 Å². The molecule has 0 atom stereocenters. The maximum absolute atomic E-state index is 11.0. The molecule has 72 valence electrons. The second-order valence-electron chi connectivity index (χ2n) is 2.61. The Morgan fingerprint density at radius 2 is 2.38 bits per heavy atom. The van der Waals surface area contributed by atoms with Crippen molar-refractivity contribution in [2.45, 2.75) is 20.1 Å². The van der Waals surface area contributed by atoms with Crippen LogP contribution in [0.3, 0.4) is 0 Å². The molecule has 0 aromatic carbocycles. The van der Waals surface area contributed by atoms with Crippen molar-refractivity contribution in [1.82, 2.24) is 20.3 Å². The number of aliphatic hydroxyl groups is 1. The van der Waals surface area contributed by atoms with Gasteiger partial charge in [0.25, 0.3) is 0 Å². The highest BCUT2D eigenvalue weighted by Gasteiger charge is 2.09. The second kappa shape index (κ2) is 3.99. The number of nitrogens with zero attached hydrogens (tertiary/aromatic N) is 3. The molecule has 0 saturated heterocycles. The van der Waals surface area contributed by atoms with E-state index in [1.807, 2.05) is 0 Å². The molecule has 6 heteroatoms. The summed E-state index contributed by atoms with van der Waals surface area (Å²) in [7, 11) is 1.56. The van der Waals surface area contributed by atoms with E-state index in [0.717, 1.165) is 0 Å². The number of hydrogen-bond acceptors (Lipinski definition) is 4. The zero-order valence-corrected chi connectivity index (χ0v) is 7.61. The molecule has 6 nitrogen and oxygen atoms in total. The van der Waals surface area contributed by atoms with Gasteiger partial charge in [-0.25, -0.2) is 4.68 Å². The number of hydrogen-bond donors (Lipinski definition) is 2. The number of nitrogens with one attached hydrogen (secondary N) is 1. The summed E-state index contributed by atoms with van der Waals surface area (Å²) in [5.41, 5.74) is 1.22. The highest BCUT2D eigenvalue weighted by molar-refractivity contribution is 5.75. The van der Waals surface area contributed by atoms with Crippen molar-refractivity contribution >= 4 is 5.91 Å². The molecule has 1 aromatic rings. The monoisotopic (exact) mass is 184 g/mol. The lowest BCUT2D eigenvalue weighted by atomic mass is 10.3. The standard InChI is InChI=1S/C7H12N4O2/c1-5-6(4-12)9-10-11(5)3-7(13)8-2/h12H,3-4H2,1-2H3,(H,8,13). The highest BCUT2D eigenvalue weighted by Crippen LogP contribution is 2.02. The molecule has 13 heavy (non-hydrogen) atoms. The summed E-state index contributed by atoms with van der Waals surface area (Å²) in [5.74, 6) is -0.141. The third-order valence-electron chi connectivity index (χ3n) is 1.80. The lowest BCUT2D eigenvalue weighted by molar-refractivity contribution is -0.121. The molecular weight excluding hydrogens is 172 g/mol. The van der Waals surface area contributed by atoms with Gasteiger partial charge in [-0.2, -0.15) is 0 Å². The fraction of sp³-hybridized carbons (Fsp3) is 0.571. The van der Waals surface area contributed by atoms with Crippen molar-refractivity contribution < 1.29 is 9.90 Å². The van der Waals surface area contributed by atoms with Gasteiger partial charge in [-0.3, -0.25) is 4.79 Å². The van der Waals surface area contributed by atoms with E-state index < -0.39 is 0 Å². The van der Waals surface area contributed by atoms with Gasteiger partial charge < -0.3 is 10.4 Å². The molecule has 0 radical (unpaired) electrons. The summed E-state index contributed by atoms with van der Waals surface area (Å²) < 4.78 is 1.45. The van der Waals surface area contributed by atoms with Crippen molar-refractivity contribution in [3.8, 4) is 0 Å².